The van der Waals surface area contributed by atoms with Gasteiger partial charge in [-0.25, -0.2) is 5.01 Å². The molecule has 1 amide bonds. The molecule has 140 valence electrons. The van der Waals surface area contributed by atoms with Gasteiger partial charge in [-0.2, -0.15) is 0 Å². The number of aryl methyl sites for hydroxylation is 1. The van der Waals surface area contributed by atoms with Gasteiger partial charge < -0.3 is 9.90 Å². The summed E-state index contributed by atoms with van der Waals surface area (Å²) < 4.78 is 0. The van der Waals surface area contributed by atoms with Gasteiger partial charge >= 0.3 is 0 Å². The van der Waals surface area contributed by atoms with Crippen LogP contribution in [0.4, 0.5) is 0 Å². The maximum atomic E-state index is 12.7. The summed E-state index contributed by atoms with van der Waals surface area (Å²) >= 11 is 5.98. The fourth-order valence-corrected chi connectivity index (χ4v) is 3.12. The van der Waals surface area contributed by atoms with E-state index in [0.717, 1.165) is 22.4 Å². The van der Waals surface area contributed by atoms with Crippen molar-refractivity contribution in [2.24, 2.45) is 0 Å². The molecule has 0 bridgehead atoms. The fourth-order valence-electron chi connectivity index (χ4n) is 2.99. The smallest absolute Gasteiger partial charge is 0.241 e. The van der Waals surface area contributed by atoms with Crippen molar-refractivity contribution in [3.63, 3.8) is 0 Å². The van der Waals surface area contributed by atoms with Crippen LogP contribution in [0, 0.1) is 6.92 Å². The first-order valence-corrected chi connectivity index (χ1v) is 9.15. The second kappa shape index (κ2) is 8.27. The number of aliphatic carboxylic acids is 1. The molecule has 0 radical (unpaired) electrons. The molecule has 0 spiro atoms. The van der Waals surface area contributed by atoms with Gasteiger partial charge in [-0.05, 0) is 49.1 Å². The van der Waals surface area contributed by atoms with Crippen LogP contribution in [-0.4, -0.2) is 16.9 Å². The molecule has 5 nitrogen and oxygen atoms in total. The minimum absolute atomic E-state index is 0.125. The third-order valence-corrected chi connectivity index (χ3v) is 4.71. The first-order valence-electron chi connectivity index (χ1n) is 8.77. The maximum Gasteiger partial charge on any atom is 0.241 e. The van der Waals surface area contributed by atoms with Crippen LogP contribution < -0.4 is 10.5 Å². The molecule has 1 atom stereocenters. The average Bonchev–Trinajstić information content (AvgIpc) is 3.08. The number of nitrogens with zero attached hydrogens (tertiary/aromatic N) is 1. The van der Waals surface area contributed by atoms with Crippen LogP contribution in [0.25, 0.3) is 5.70 Å². The molecule has 0 aliphatic carbocycles. The average molecular weight is 384 g/mol. The van der Waals surface area contributed by atoms with E-state index in [1.165, 1.54) is 0 Å². The quantitative estimate of drug-likeness (QED) is 0.832. The Labute approximate surface area is 163 Å². The van der Waals surface area contributed by atoms with Crippen LogP contribution in [0.3, 0.4) is 0 Å². The van der Waals surface area contributed by atoms with Crippen LogP contribution >= 0.6 is 11.6 Å². The Morgan fingerprint density at radius 1 is 1.07 bits per heavy atom. The number of rotatable bonds is 6. The number of carbonyl (C=O) groups is 2. The first-order chi connectivity index (χ1) is 12.9. The molecule has 0 saturated carbocycles. The predicted molar refractivity (Wildman–Crippen MR) is 102 cm³/mol. The van der Waals surface area contributed by atoms with Crippen molar-refractivity contribution in [1.29, 1.82) is 0 Å². The topological polar surface area (TPSA) is 72.5 Å². The SMILES string of the molecule is Cc1ccc(C2=C[C@H](c3ccc(Cl)cc3)N(C(=O)CCCC(=O)[O-])N2)cc1. The summed E-state index contributed by atoms with van der Waals surface area (Å²) in [5.74, 6) is -1.32. The normalized spacial score (nSPS) is 16.0. The van der Waals surface area contributed by atoms with Crippen molar-refractivity contribution >= 4 is 29.2 Å². The summed E-state index contributed by atoms with van der Waals surface area (Å²) in [6.07, 6.45) is 2.22. The van der Waals surface area contributed by atoms with E-state index in [4.69, 9.17) is 11.6 Å². The van der Waals surface area contributed by atoms with E-state index in [2.05, 4.69) is 5.43 Å². The van der Waals surface area contributed by atoms with Crippen molar-refractivity contribution in [2.75, 3.05) is 0 Å². The molecule has 2 aromatic rings. The summed E-state index contributed by atoms with van der Waals surface area (Å²) in [5, 5.41) is 12.8. The lowest BCUT2D eigenvalue weighted by molar-refractivity contribution is -0.305. The Bertz CT molecular complexity index is 860. The van der Waals surface area contributed by atoms with Gasteiger partial charge in [-0.1, -0.05) is 53.6 Å². The Hall–Kier alpha value is -2.79. The lowest BCUT2D eigenvalue weighted by atomic mass is 10.0. The van der Waals surface area contributed by atoms with E-state index in [0.29, 0.717) is 5.02 Å². The van der Waals surface area contributed by atoms with Crippen molar-refractivity contribution in [3.05, 3.63) is 76.3 Å². The van der Waals surface area contributed by atoms with Crippen molar-refractivity contribution in [2.45, 2.75) is 32.2 Å². The Morgan fingerprint density at radius 3 is 2.37 bits per heavy atom. The molecule has 0 saturated heterocycles. The van der Waals surface area contributed by atoms with Crippen LogP contribution in [0.1, 0.15) is 42.0 Å². The molecule has 27 heavy (non-hydrogen) atoms. The summed E-state index contributed by atoms with van der Waals surface area (Å²) in [7, 11) is 0. The highest BCUT2D eigenvalue weighted by atomic mass is 35.5. The molecule has 0 fully saturated rings. The Morgan fingerprint density at radius 2 is 1.74 bits per heavy atom. The molecule has 6 heteroatoms. The van der Waals surface area contributed by atoms with E-state index in [1.54, 1.807) is 17.1 Å². The van der Waals surface area contributed by atoms with Gasteiger partial charge in [-0.15, -0.1) is 0 Å². The zero-order valence-electron chi connectivity index (χ0n) is 14.9. The largest absolute Gasteiger partial charge is 0.550 e. The summed E-state index contributed by atoms with van der Waals surface area (Å²) in [5.41, 5.74) is 7.06. The molecular formula is C21H20ClN2O3-. The van der Waals surface area contributed by atoms with Gasteiger partial charge in [0.2, 0.25) is 5.91 Å². The zero-order chi connectivity index (χ0) is 19.4. The van der Waals surface area contributed by atoms with Crippen molar-refractivity contribution < 1.29 is 14.7 Å². The third kappa shape index (κ3) is 4.68. The minimum atomic E-state index is -1.15. The van der Waals surface area contributed by atoms with Crippen LogP contribution in [-0.2, 0) is 9.59 Å². The number of carbonyl (C=O) groups excluding carboxylic acids is 2. The zero-order valence-corrected chi connectivity index (χ0v) is 15.7. The van der Waals surface area contributed by atoms with E-state index < -0.39 is 5.97 Å². The van der Waals surface area contributed by atoms with Gasteiger partial charge in [0.25, 0.3) is 0 Å². The third-order valence-electron chi connectivity index (χ3n) is 4.46. The standard InChI is InChI=1S/C21H21ClN2O3/c1-14-5-7-15(8-6-14)18-13-19(16-9-11-17(22)12-10-16)24(23-18)20(25)3-2-4-21(26)27/h5-13,19,23H,2-4H2,1H3,(H,26,27)/p-1/t19-/m1/s1. The number of carboxylic acid groups (broad SMARTS) is 1. The number of nitrogens with one attached hydrogen (secondary N) is 1. The molecule has 1 heterocycles. The lowest BCUT2D eigenvalue weighted by Gasteiger charge is -2.25. The molecule has 2 aromatic carbocycles. The number of hydrogen-bond acceptors (Lipinski definition) is 4. The number of hydrogen-bond donors (Lipinski definition) is 1. The highest BCUT2D eigenvalue weighted by Crippen LogP contribution is 2.32. The number of amides is 1. The van der Waals surface area contributed by atoms with Crippen LogP contribution in [0.15, 0.2) is 54.6 Å². The van der Waals surface area contributed by atoms with Gasteiger partial charge in [0.1, 0.15) is 0 Å². The Balaban J connectivity index is 1.84. The van der Waals surface area contributed by atoms with Crippen molar-refractivity contribution in [3.8, 4) is 0 Å². The lowest BCUT2D eigenvalue weighted by Crippen LogP contribution is -2.39. The Kier molecular flexibility index (Phi) is 5.81. The van der Waals surface area contributed by atoms with Gasteiger partial charge in [-0.3, -0.25) is 10.2 Å². The van der Waals surface area contributed by atoms with Crippen molar-refractivity contribution in [1.82, 2.24) is 10.4 Å². The highest BCUT2D eigenvalue weighted by molar-refractivity contribution is 6.30. The molecule has 1 aliphatic heterocycles. The van der Waals surface area contributed by atoms with E-state index in [-0.39, 0.29) is 31.2 Å². The maximum absolute atomic E-state index is 12.7. The van der Waals surface area contributed by atoms with Gasteiger partial charge in [0.05, 0.1) is 11.7 Å². The molecule has 0 aromatic heterocycles. The second-order valence-corrected chi connectivity index (χ2v) is 6.98. The first kappa shape index (κ1) is 19.0. The van der Waals surface area contributed by atoms with Crippen LogP contribution in [0.2, 0.25) is 5.02 Å². The number of benzene rings is 2. The van der Waals surface area contributed by atoms with Gasteiger partial charge in [0, 0.05) is 17.4 Å². The molecule has 0 unspecified atom stereocenters. The number of carboxylic acids is 1. The van der Waals surface area contributed by atoms with E-state index in [1.807, 2.05) is 49.4 Å². The van der Waals surface area contributed by atoms with Crippen LogP contribution in [0.5, 0.6) is 0 Å². The summed E-state index contributed by atoms with van der Waals surface area (Å²) in [6.45, 7) is 2.02. The van der Waals surface area contributed by atoms with E-state index >= 15 is 0 Å². The fraction of sp³-hybridized carbons (Fsp3) is 0.238. The second-order valence-electron chi connectivity index (χ2n) is 6.54. The minimum Gasteiger partial charge on any atom is -0.550 e. The number of hydrazine groups is 1. The van der Waals surface area contributed by atoms with E-state index in [9.17, 15) is 14.7 Å². The molecular weight excluding hydrogens is 364 g/mol. The summed E-state index contributed by atoms with van der Waals surface area (Å²) in [4.78, 5) is 23.3. The number of halogens is 1. The predicted octanol–water partition coefficient (Wildman–Crippen LogP) is 3.00. The molecule has 1 N–H and O–H groups in total. The summed E-state index contributed by atoms with van der Waals surface area (Å²) in [6, 6.07) is 15.1. The monoisotopic (exact) mass is 383 g/mol. The van der Waals surface area contributed by atoms with Gasteiger partial charge in [0.15, 0.2) is 0 Å². The molecule has 3 rings (SSSR count). The highest BCUT2D eigenvalue weighted by Gasteiger charge is 2.30. The molecule has 1 aliphatic rings.